The van der Waals surface area contributed by atoms with Crippen LogP contribution in [-0.4, -0.2) is 23.5 Å². The number of rotatable bonds is 3. The van der Waals surface area contributed by atoms with E-state index in [1.165, 1.54) is 12.0 Å². The zero-order valence-electron chi connectivity index (χ0n) is 11.4. The second kappa shape index (κ2) is 5.01. The van der Waals surface area contributed by atoms with Crippen molar-refractivity contribution in [2.75, 3.05) is 11.9 Å². The Morgan fingerprint density at radius 2 is 2.00 bits per heavy atom. The summed E-state index contributed by atoms with van der Waals surface area (Å²) >= 11 is 0. The fourth-order valence-electron chi connectivity index (χ4n) is 1.88. The number of hydrogen-bond acceptors (Lipinski definition) is 3. The second-order valence-corrected chi connectivity index (χ2v) is 5.38. The highest BCUT2D eigenvalue weighted by Crippen LogP contribution is 2.28. The topological polar surface area (TPSA) is 58.6 Å². The van der Waals surface area contributed by atoms with Crippen molar-refractivity contribution >= 4 is 17.5 Å². The molecule has 1 saturated heterocycles. The molecule has 0 atom stereocenters. The largest absolute Gasteiger partial charge is 0.326 e. The SMILES string of the molecule is CC(=O)Nc1ccc(CN2OCC(C)(C)C2=O)cc1. The lowest BCUT2D eigenvalue weighted by molar-refractivity contribution is -0.165. The summed E-state index contributed by atoms with van der Waals surface area (Å²) in [6, 6.07) is 7.35. The third kappa shape index (κ3) is 3.12. The quantitative estimate of drug-likeness (QED) is 0.905. The zero-order valence-corrected chi connectivity index (χ0v) is 11.4. The minimum absolute atomic E-state index is 0.00145. The van der Waals surface area contributed by atoms with Crippen molar-refractivity contribution in [3.05, 3.63) is 29.8 Å². The van der Waals surface area contributed by atoms with Crippen LogP contribution < -0.4 is 5.32 Å². The van der Waals surface area contributed by atoms with E-state index in [1.54, 1.807) is 0 Å². The minimum Gasteiger partial charge on any atom is -0.326 e. The van der Waals surface area contributed by atoms with Gasteiger partial charge in [-0.05, 0) is 31.5 Å². The van der Waals surface area contributed by atoms with Crippen molar-refractivity contribution in [1.82, 2.24) is 5.06 Å². The first-order valence-electron chi connectivity index (χ1n) is 6.20. The van der Waals surface area contributed by atoms with E-state index in [2.05, 4.69) is 5.32 Å². The molecular weight excluding hydrogens is 244 g/mol. The molecule has 1 aliphatic rings. The molecule has 1 aliphatic heterocycles. The highest BCUT2D eigenvalue weighted by atomic mass is 16.7. The molecule has 0 saturated carbocycles. The molecule has 102 valence electrons. The molecule has 2 rings (SSSR count). The van der Waals surface area contributed by atoms with Crippen LogP contribution in [0.5, 0.6) is 0 Å². The molecule has 1 N–H and O–H groups in total. The van der Waals surface area contributed by atoms with Crippen LogP contribution in [-0.2, 0) is 21.0 Å². The number of benzene rings is 1. The van der Waals surface area contributed by atoms with E-state index in [1.807, 2.05) is 38.1 Å². The molecule has 2 amide bonds. The average molecular weight is 262 g/mol. The lowest BCUT2D eigenvalue weighted by atomic mass is 9.95. The molecule has 5 heteroatoms. The van der Waals surface area contributed by atoms with Gasteiger partial charge in [0.2, 0.25) is 5.91 Å². The van der Waals surface area contributed by atoms with Crippen LogP contribution in [0.25, 0.3) is 0 Å². The smallest absolute Gasteiger partial charge is 0.254 e. The number of nitrogens with zero attached hydrogens (tertiary/aromatic N) is 1. The van der Waals surface area contributed by atoms with Crippen LogP contribution >= 0.6 is 0 Å². The summed E-state index contributed by atoms with van der Waals surface area (Å²) < 4.78 is 0. The van der Waals surface area contributed by atoms with Gasteiger partial charge < -0.3 is 5.32 Å². The molecule has 0 aliphatic carbocycles. The maximum Gasteiger partial charge on any atom is 0.254 e. The fourth-order valence-corrected chi connectivity index (χ4v) is 1.88. The van der Waals surface area contributed by atoms with Gasteiger partial charge in [0, 0.05) is 12.6 Å². The summed E-state index contributed by atoms with van der Waals surface area (Å²) in [6.45, 7) is 6.04. The van der Waals surface area contributed by atoms with Gasteiger partial charge in [0.15, 0.2) is 0 Å². The predicted octanol–water partition coefficient (Wildman–Crippen LogP) is 1.94. The van der Waals surface area contributed by atoms with Crippen LogP contribution in [0.4, 0.5) is 5.69 Å². The van der Waals surface area contributed by atoms with Gasteiger partial charge >= 0.3 is 0 Å². The second-order valence-electron chi connectivity index (χ2n) is 5.38. The Balaban J connectivity index is 2.01. The van der Waals surface area contributed by atoms with Crippen LogP contribution in [0.2, 0.25) is 0 Å². The van der Waals surface area contributed by atoms with E-state index in [0.29, 0.717) is 13.2 Å². The summed E-state index contributed by atoms with van der Waals surface area (Å²) in [5.41, 5.74) is 1.25. The minimum atomic E-state index is -0.448. The van der Waals surface area contributed by atoms with Gasteiger partial charge in [0.05, 0.1) is 18.6 Å². The lowest BCUT2D eigenvalue weighted by Crippen LogP contribution is -2.30. The van der Waals surface area contributed by atoms with E-state index in [0.717, 1.165) is 11.3 Å². The van der Waals surface area contributed by atoms with Crippen molar-refractivity contribution in [2.24, 2.45) is 5.41 Å². The molecule has 1 aromatic rings. The summed E-state index contributed by atoms with van der Waals surface area (Å²) in [6.07, 6.45) is 0. The van der Waals surface area contributed by atoms with Crippen molar-refractivity contribution < 1.29 is 14.4 Å². The van der Waals surface area contributed by atoms with Gasteiger partial charge in [-0.2, -0.15) is 0 Å². The predicted molar refractivity (Wildman–Crippen MR) is 71.0 cm³/mol. The molecule has 0 aromatic heterocycles. The molecular formula is C14H18N2O3. The fraction of sp³-hybridized carbons (Fsp3) is 0.429. The van der Waals surface area contributed by atoms with Crippen molar-refractivity contribution in [1.29, 1.82) is 0 Å². The number of hydrogen-bond donors (Lipinski definition) is 1. The number of carbonyl (C=O) groups excluding carboxylic acids is 2. The van der Waals surface area contributed by atoms with E-state index < -0.39 is 5.41 Å². The maximum absolute atomic E-state index is 12.0. The molecule has 1 heterocycles. The number of anilines is 1. The highest BCUT2D eigenvalue weighted by molar-refractivity contribution is 5.88. The third-order valence-corrected chi connectivity index (χ3v) is 2.99. The van der Waals surface area contributed by atoms with Gasteiger partial charge in [-0.15, -0.1) is 0 Å². The van der Waals surface area contributed by atoms with Crippen LogP contribution in [0.3, 0.4) is 0 Å². The molecule has 0 spiro atoms. The molecule has 0 unspecified atom stereocenters. The van der Waals surface area contributed by atoms with Crippen LogP contribution in [0.1, 0.15) is 26.3 Å². The number of carbonyl (C=O) groups is 2. The summed E-state index contributed by atoms with van der Waals surface area (Å²) in [4.78, 5) is 28.3. The van der Waals surface area contributed by atoms with Gasteiger partial charge in [-0.3, -0.25) is 14.4 Å². The lowest BCUT2D eigenvalue weighted by Gasteiger charge is -2.16. The Hall–Kier alpha value is -1.88. The Bertz CT molecular complexity index is 494. The van der Waals surface area contributed by atoms with Crippen LogP contribution in [0.15, 0.2) is 24.3 Å². The molecule has 0 bridgehead atoms. The zero-order chi connectivity index (χ0) is 14.0. The number of amides is 2. The van der Waals surface area contributed by atoms with E-state index in [-0.39, 0.29) is 11.8 Å². The molecule has 0 radical (unpaired) electrons. The molecule has 5 nitrogen and oxygen atoms in total. The first-order chi connectivity index (χ1) is 8.88. The van der Waals surface area contributed by atoms with Gasteiger partial charge in [0.25, 0.3) is 5.91 Å². The van der Waals surface area contributed by atoms with Crippen molar-refractivity contribution in [2.45, 2.75) is 27.3 Å². The Labute approximate surface area is 112 Å². The standard InChI is InChI=1S/C14H18N2O3/c1-10(17)15-12-6-4-11(5-7-12)8-16-13(18)14(2,3)9-19-16/h4-7H,8-9H2,1-3H3,(H,15,17). The highest BCUT2D eigenvalue weighted by Gasteiger charge is 2.40. The van der Waals surface area contributed by atoms with Gasteiger partial charge in [-0.1, -0.05) is 12.1 Å². The summed E-state index contributed by atoms with van der Waals surface area (Å²) in [7, 11) is 0. The summed E-state index contributed by atoms with van der Waals surface area (Å²) in [5.74, 6) is -0.106. The first kappa shape index (κ1) is 13.5. The Kier molecular flexibility index (Phi) is 3.57. The van der Waals surface area contributed by atoms with E-state index in [4.69, 9.17) is 4.84 Å². The van der Waals surface area contributed by atoms with Crippen molar-refractivity contribution in [3.63, 3.8) is 0 Å². The Morgan fingerprint density at radius 1 is 1.37 bits per heavy atom. The molecule has 19 heavy (non-hydrogen) atoms. The van der Waals surface area contributed by atoms with E-state index >= 15 is 0 Å². The van der Waals surface area contributed by atoms with Crippen LogP contribution in [0, 0.1) is 5.41 Å². The van der Waals surface area contributed by atoms with Gasteiger partial charge in [0.1, 0.15) is 0 Å². The Morgan fingerprint density at radius 3 is 2.47 bits per heavy atom. The van der Waals surface area contributed by atoms with Gasteiger partial charge in [-0.25, -0.2) is 5.06 Å². The maximum atomic E-state index is 12.0. The number of hydroxylamine groups is 2. The monoisotopic (exact) mass is 262 g/mol. The average Bonchev–Trinajstić information content (AvgIpc) is 2.58. The van der Waals surface area contributed by atoms with Crippen molar-refractivity contribution in [3.8, 4) is 0 Å². The molecule has 1 fully saturated rings. The number of nitrogens with one attached hydrogen (secondary N) is 1. The first-order valence-corrected chi connectivity index (χ1v) is 6.20. The third-order valence-electron chi connectivity index (χ3n) is 2.99. The molecule has 1 aromatic carbocycles. The normalized spacial score (nSPS) is 17.6. The summed E-state index contributed by atoms with van der Waals surface area (Å²) in [5, 5.41) is 4.09. The van der Waals surface area contributed by atoms with E-state index in [9.17, 15) is 9.59 Å².